The van der Waals surface area contributed by atoms with E-state index < -0.39 is 0 Å². The van der Waals surface area contributed by atoms with Crippen LogP contribution in [0.25, 0.3) is 0 Å². The predicted molar refractivity (Wildman–Crippen MR) is 69.9 cm³/mol. The maximum Gasteiger partial charge on any atom is 0.244 e. The average Bonchev–Trinajstić information content (AvgIpc) is 2.75. The molecule has 100 valence electrons. The van der Waals surface area contributed by atoms with Crippen LogP contribution in [-0.2, 0) is 11.3 Å². The number of amides is 1. The van der Waals surface area contributed by atoms with E-state index in [9.17, 15) is 4.79 Å². The first kappa shape index (κ1) is 12.9. The van der Waals surface area contributed by atoms with Crippen LogP contribution in [-0.4, -0.2) is 58.7 Å². The van der Waals surface area contributed by atoms with Gasteiger partial charge in [-0.25, -0.2) is 0 Å². The van der Waals surface area contributed by atoms with Crippen LogP contribution in [0.3, 0.4) is 0 Å². The lowest BCUT2D eigenvalue weighted by molar-refractivity contribution is -0.134. The van der Waals surface area contributed by atoms with Gasteiger partial charge in [0.25, 0.3) is 0 Å². The molecule has 6 heteroatoms. The Balaban J connectivity index is 1.92. The third-order valence-electron chi connectivity index (χ3n) is 3.44. The highest BCUT2D eigenvalue weighted by Crippen LogP contribution is 2.14. The van der Waals surface area contributed by atoms with E-state index in [1.807, 2.05) is 4.90 Å². The molecule has 1 atom stereocenters. The quantitative estimate of drug-likeness (QED) is 0.822. The van der Waals surface area contributed by atoms with Crippen LogP contribution in [0.5, 0.6) is 0 Å². The second-order valence-electron chi connectivity index (χ2n) is 5.04. The summed E-state index contributed by atoms with van der Waals surface area (Å²) < 4.78 is 1.59. The minimum atomic E-state index is 0.115. The molecule has 1 amide bonds. The Bertz CT molecular complexity index is 414. The Labute approximate surface area is 107 Å². The van der Waals surface area contributed by atoms with Gasteiger partial charge in [0.2, 0.25) is 5.91 Å². The molecular formula is C12H21N5O. The Kier molecular flexibility index (Phi) is 3.86. The van der Waals surface area contributed by atoms with Crippen LogP contribution in [0.4, 0.5) is 5.82 Å². The monoisotopic (exact) mass is 251 g/mol. The molecule has 2 rings (SSSR count). The lowest BCUT2D eigenvalue weighted by atomic mass is 10.0. The number of piperidine rings is 1. The van der Waals surface area contributed by atoms with E-state index in [2.05, 4.69) is 24.1 Å². The van der Waals surface area contributed by atoms with Crippen LogP contribution in [0.15, 0.2) is 12.3 Å². The van der Waals surface area contributed by atoms with Crippen molar-refractivity contribution >= 4 is 11.7 Å². The number of carbonyl (C=O) groups excluding carboxylic acids is 1. The highest BCUT2D eigenvalue weighted by molar-refractivity contribution is 5.76. The number of likely N-dealkylation sites (tertiary alicyclic amines) is 1. The number of nitrogens with two attached hydrogens (primary N) is 1. The summed E-state index contributed by atoms with van der Waals surface area (Å²) in [6.45, 7) is 1.93. The van der Waals surface area contributed by atoms with E-state index in [1.165, 1.54) is 0 Å². The van der Waals surface area contributed by atoms with Crippen LogP contribution in [0, 0.1) is 0 Å². The zero-order valence-corrected chi connectivity index (χ0v) is 11.0. The summed E-state index contributed by atoms with van der Waals surface area (Å²) in [6.07, 6.45) is 3.96. The maximum atomic E-state index is 12.2. The molecule has 0 radical (unpaired) electrons. The van der Waals surface area contributed by atoms with Crippen LogP contribution < -0.4 is 5.73 Å². The first-order valence-electron chi connectivity index (χ1n) is 6.29. The molecule has 1 unspecified atom stereocenters. The molecule has 2 heterocycles. The number of nitrogen functional groups attached to an aromatic ring is 1. The smallest absolute Gasteiger partial charge is 0.244 e. The second-order valence-corrected chi connectivity index (χ2v) is 5.04. The van der Waals surface area contributed by atoms with Gasteiger partial charge in [-0.05, 0) is 33.0 Å². The summed E-state index contributed by atoms with van der Waals surface area (Å²) in [6, 6.07) is 2.16. The van der Waals surface area contributed by atoms with E-state index in [1.54, 1.807) is 16.9 Å². The lowest BCUT2D eigenvalue weighted by Crippen LogP contribution is -2.48. The van der Waals surface area contributed by atoms with Crippen molar-refractivity contribution in [1.82, 2.24) is 19.6 Å². The summed E-state index contributed by atoms with van der Waals surface area (Å²) in [7, 11) is 4.12. The molecule has 2 N–H and O–H groups in total. The van der Waals surface area contributed by atoms with E-state index in [4.69, 9.17) is 5.73 Å². The number of likely N-dealkylation sites (N-methyl/N-ethyl adjacent to an activating group) is 1. The van der Waals surface area contributed by atoms with Crippen molar-refractivity contribution in [1.29, 1.82) is 0 Å². The standard InChI is InChI=1S/C12H21N5O/c1-15(2)10-4-3-6-16(8-10)12(18)9-17-7-5-11(13)14-17/h5,7,10H,3-4,6,8-9H2,1-2H3,(H2,13,14). The van der Waals surface area contributed by atoms with Crippen molar-refractivity contribution in [3.05, 3.63) is 12.3 Å². The Morgan fingerprint density at radius 2 is 2.39 bits per heavy atom. The molecule has 1 aromatic rings. The van der Waals surface area contributed by atoms with E-state index in [-0.39, 0.29) is 12.5 Å². The van der Waals surface area contributed by atoms with Crippen LogP contribution >= 0.6 is 0 Å². The zero-order chi connectivity index (χ0) is 13.1. The van der Waals surface area contributed by atoms with Crippen molar-refractivity contribution in [2.24, 2.45) is 0 Å². The number of hydrogen-bond acceptors (Lipinski definition) is 4. The average molecular weight is 251 g/mol. The molecule has 6 nitrogen and oxygen atoms in total. The number of nitrogens with zero attached hydrogens (tertiary/aromatic N) is 4. The summed E-state index contributed by atoms with van der Waals surface area (Å²) in [4.78, 5) is 16.3. The van der Waals surface area contributed by atoms with Gasteiger partial charge in [0, 0.05) is 25.3 Å². The fraction of sp³-hybridized carbons (Fsp3) is 0.667. The molecule has 18 heavy (non-hydrogen) atoms. The Hall–Kier alpha value is -1.56. The topological polar surface area (TPSA) is 67.4 Å². The van der Waals surface area contributed by atoms with Gasteiger partial charge in [0.1, 0.15) is 12.4 Å². The van der Waals surface area contributed by atoms with Gasteiger partial charge in [0.05, 0.1) is 0 Å². The highest BCUT2D eigenvalue weighted by atomic mass is 16.2. The first-order valence-corrected chi connectivity index (χ1v) is 6.29. The van der Waals surface area contributed by atoms with Crippen LogP contribution in [0.1, 0.15) is 12.8 Å². The maximum absolute atomic E-state index is 12.2. The van der Waals surface area contributed by atoms with Crippen molar-refractivity contribution in [3.63, 3.8) is 0 Å². The third-order valence-corrected chi connectivity index (χ3v) is 3.44. The minimum Gasteiger partial charge on any atom is -0.382 e. The van der Waals surface area contributed by atoms with Crippen molar-refractivity contribution in [2.75, 3.05) is 32.9 Å². The summed E-state index contributed by atoms with van der Waals surface area (Å²) in [5.74, 6) is 0.567. The van der Waals surface area contributed by atoms with Crippen molar-refractivity contribution in [2.45, 2.75) is 25.4 Å². The fourth-order valence-corrected chi connectivity index (χ4v) is 2.31. The van der Waals surface area contributed by atoms with Gasteiger partial charge in [-0.1, -0.05) is 0 Å². The van der Waals surface area contributed by atoms with Crippen molar-refractivity contribution in [3.8, 4) is 0 Å². The van der Waals surface area contributed by atoms with Gasteiger partial charge in [-0.3, -0.25) is 9.48 Å². The van der Waals surface area contributed by atoms with Gasteiger partial charge in [-0.2, -0.15) is 5.10 Å². The number of anilines is 1. The molecule has 1 fully saturated rings. The second kappa shape index (κ2) is 5.39. The zero-order valence-electron chi connectivity index (χ0n) is 11.0. The molecule has 1 aromatic heterocycles. The third kappa shape index (κ3) is 3.01. The molecule has 0 bridgehead atoms. The molecule has 0 spiro atoms. The molecular weight excluding hydrogens is 230 g/mol. The Morgan fingerprint density at radius 3 is 3.00 bits per heavy atom. The normalized spacial score (nSPS) is 20.4. The molecule has 1 aliphatic heterocycles. The van der Waals surface area contributed by atoms with Gasteiger partial charge in [0.15, 0.2) is 0 Å². The van der Waals surface area contributed by atoms with Gasteiger partial charge in [-0.15, -0.1) is 0 Å². The molecule has 1 saturated heterocycles. The summed E-state index contributed by atoms with van der Waals surface area (Å²) in [5.41, 5.74) is 5.53. The fourth-order valence-electron chi connectivity index (χ4n) is 2.31. The van der Waals surface area contributed by atoms with Crippen LogP contribution in [0.2, 0.25) is 0 Å². The number of rotatable bonds is 3. The molecule has 0 aromatic carbocycles. The highest BCUT2D eigenvalue weighted by Gasteiger charge is 2.24. The van der Waals surface area contributed by atoms with Gasteiger partial charge >= 0.3 is 0 Å². The number of hydrogen-bond donors (Lipinski definition) is 1. The molecule has 0 saturated carbocycles. The van der Waals surface area contributed by atoms with Gasteiger partial charge < -0.3 is 15.5 Å². The first-order chi connectivity index (χ1) is 8.56. The SMILES string of the molecule is CN(C)C1CCCN(C(=O)Cn2ccc(N)n2)C1. The minimum absolute atomic E-state index is 0.115. The predicted octanol–water partition coefficient (Wildman–Crippen LogP) is 0.0179. The summed E-state index contributed by atoms with van der Waals surface area (Å²) >= 11 is 0. The molecule has 0 aliphatic carbocycles. The Morgan fingerprint density at radius 1 is 1.61 bits per heavy atom. The molecule has 1 aliphatic rings. The van der Waals surface area contributed by atoms with E-state index >= 15 is 0 Å². The largest absolute Gasteiger partial charge is 0.382 e. The lowest BCUT2D eigenvalue weighted by Gasteiger charge is -2.36. The number of aromatic nitrogens is 2. The van der Waals surface area contributed by atoms with E-state index in [0.29, 0.717) is 11.9 Å². The van der Waals surface area contributed by atoms with E-state index in [0.717, 1.165) is 25.9 Å². The summed E-state index contributed by atoms with van der Waals surface area (Å²) in [5, 5.41) is 4.04. The van der Waals surface area contributed by atoms with Crippen molar-refractivity contribution < 1.29 is 4.79 Å². The number of carbonyl (C=O) groups is 1.